The van der Waals surface area contributed by atoms with Crippen LogP contribution in [0.2, 0.25) is 0 Å². The predicted molar refractivity (Wildman–Crippen MR) is 129 cm³/mol. The van der Waals surface area contributed by atoms with Crippen molar-refractivity contribution in [2.75, 3.05) is 7.11 Å². The van der Waals surface area contributed by atoms with Crippen molar-refractivity contribution in [2.45, 2.75) is 65.2 Å². The summed E-state index contributed by atoms with van der Waals surface area (Å²) in [5.74, 6) is 2.05. The first-order valence-electron chi connectivity index (χ1n) is 11.6. The zero-order chi connectivity index (χ0) is 22.1. The second kappa shape index (κ2) is 8.82. The van der Waals surface area contributed by atoms with Crippen LogP contribution in [0.25, 0.3) is 16.8 Å². The average molecular weight is 416 g/mol. The monoisotopic (exact) mass is 415 g/mol. The van der Waals surface area contributed by atoms with Gasteiger partial charge in [0.1, 0.15) is 0 Å². The molecule has 0 spiro atoms. The van der Waals surface area contributed by atoms with E-state index in [2.05, 4.69) is 55.8 Å². The highest BCUT2D eigenvalue weighted by Gasteiger charge is 2.34. The summed E-state index contributed by atoms with van der Waals surface area (Å²) in [6.45, 7) is 10.6. The molecule has 2 aromatic carbocycles. The van der Waals surface area contributed by atoms with E-state index in [1.807, 2.05) is 6.92 Å². The summed E-state index contributed by atoms with van der Waals surface area (Å²) in [6, 6.07) is 10.9. The number of Topliss-reactive ketones (excluding diaryl/α,β-unsaturated/α-hetero) is 1. The van der Waals surface area contributed by atoms with E-state index in [9.17, 15) is 4.79 Å². The van der Waals surface area contributed by atoms with Gasteiger partial charge in [-0.2, -0.15) is 0 Å². The normalized spacial score (nSPS) is 17.0. The third-order valence-corrected chi connectivity index (χ3v) is 7.26. The van der Waals surface area contributed by atoms with E-state index in [4.69, 9.17) is 4.74 Å². The van der Waals surface area contributed by atoms with Crippen molar-refractivity contribution < 1.29 is 9.53 Å². The first-order chi connectivity index (χ1) is 15.0. The third kappa shape index (κ3) is 3.86. The molecule has 0 bridgehead atoms. The summed E-state index contributed by atoms with van der Waals surface area (Å²) in [5.41, 5.74) is 9.22. The predicted octanol–water partition coefficient (Wildman–Crippen LogP) is 7.18. The molecule has 2 aliphatic rings. The summed E-state index contributed by atoms with van der Waals surface area (Å²) < 4.78 is 5.21. The number of rotatable bonds is 7. The van der Waals surface area contributed by atoms with Crippen LogP contribution in [-0.2, 0) is 11.2 Å². The van der Waals surface area contributed by atoms with Crippen molar-refractivity contribution in [3.63, 3.8) is 0 Å². The summed E-state index contributed by atoms with van der Waals surface area (Å²) in [7, 11) is 1.62. The molecule has 4 rings (SSSR count). The molecule has 0 aliphatic heterocycles. The molecule has 2 aromatic rings. The van der Waals surface area contributed by atoms with Gasteiger partial charge in [0.2, 0.25) is 0 Å². The zero-order valence-electron chi connectivity index (χ0n) is 19.3. The molecule has 0 aromatic heterocycles. The van der Waals surface area contributed by atoms with E-state index in [1.54, 1.807) is 7.11 Å². The van der Waals surface area contributed by atoms with Crippen molar-refractivity contribution in [1.29, 1.82) is 0 Å². The number of benzene rings is 2. The number of nitrogens with zero attached hydrogens (tertiary/aromatic N) is 1. The van der Waals surface area contributed by atoms with E-state index in [0.29, 0.717) is 23.9 Å². The molecule has 2 aliphatic carbocycles. The fraction of sp³-hybridized carbons (Fsp3) is 0.429. The molecule has 0 saturated carbocycles. The van der Waals surface area contributed by atoms with E-state index >= 15 is 0 Å². The maximum absolute atomic E-state index is 12.4. The minimum absolute atomic E-state index is 0.278. The van der Waals surface area contributed by atoms with Gasteiger partial charge in [0.15, 0.2) is 11.7 Å². The van der Waals surface area contributed by atoms with Crippen LogP contribution in [0.3, 0.4) is 0 Å². The molecule has 0 amide bonds. The van der Waals surface area contributed by atoms with Crippen LogP contribution >= 0.6 is 0 Å². The molecule has 1 atom stereocenters. The van der Waals surface area contributed by atoms with E-state index in [1.165, 1.54) is 47.1 Å². The van der Waals surface area contributed by atoms with Gasteiger partial charge >= 0.3 is 0 Å². The average Bonchev–Trinajstić information content (AvgIpc) is 3.31. The molecule has 1 unspecified atom stereocenters. The lowest BCUT2D eigenvalue weighted by Crippen LogP contribution is -2.03. The lowest BCUT2D eigenvalue weighted by molar-refractivity contribution is 0.0994. The number of ether oxygens (including phenoxy) is 1. The van der Waals surface area contributed by atoms with E-state index in [0.717, 1.165) is 29.9 Å². The summed E-state index contributed by atoms with van der Waals surface area (Å²) in [6.07, 6.45) is 6.33. The van der Waals surface area contributed by atoms with Gasteiger partial charge < -0.3 is 4.74 Å². The maximum Gasteiger partial charge on any atom is 0.184 e. The molecular weight excluding hydrogens is 382 g/mol. The first kappa shape index (κ1) is 21.5. The molecule has 0 radical (unpaired) electrons. The van der Waals surface area contributed by atoms with Crippen LogP contribution in [0.5, 0.6) is 0 Å². The van der Waals surface area contributed by atoms with Crippen molar-refractivity contribution in [3.05, 3.63) is 64.7 Å². The van der Waals surface area contributed by atoms with Crippen molar-refractivity contribution in [2.24, 2.45) is 10.9 Å². The van der Waals surface area contributed by atoms with Gasteiger partial charge in [-0.15, -0.1) is 0 Å². The van der Waals surface area contributed by atoms with Crippen molar-refractivity contribution >= 4 is 17.4 Å². The van der Waals surface area contributed by atoms with Gasteiger partial charge in [-0.05, 0) is 59.1 Å². The van der Waals surface area contributed by atoms with Crippen LogP contribution in [0, 0.1) is 5.92 Å². The highest BCUT2D eigenvalue weighted by Crippen LogP contribution is 2.51. The third-order valence-electron chi connectivity index (χ3n) is 7.26. The Bertz CT molecular complexity index is 1060. The summed E-state index contributed by atoms with van der Waals surface area (Å²) in [5, 5.41) is 0. The molecular formula is C28H33NO2. The van der Waals surface area contributed by atoms with Gasteiger partial charge in [0.25, 0.3) is 0 Å². The Morgan fingerprint density at radius 1 is 1.13 bits per heavy atom. The first-order valence-corrected chi connectivity index (χ1v) is 11.6. The number of aliphatic imine (C=N–C) groups is 1. The van der Waals surface area contributed by atoms with Crippen LogP contribution in [0.1, 0.15) is 91.4 Å². The lowest BCUT2D eigenvalue weighted by Gasteiger charge is -2.18. The fourth-order valence-corrected chi connectivity index (χ4v) is 5.30. The number of hydrogen-bond acceptors (Lipinski definition) is 3. The Hall–Kier alpha value is -2.68. The maximum atomic E-state index is 12.4. The Balaban J connectivity index is 1.80. The molecule has 31 heavy (non-hydrogen) atoms. The highest BCUT2D eigenvalue weighted by molar-refractivity contribution is 6.04. The minimum atomic E-state index is 0.278. The molecule has 0 heterocycles. The van der Waals surface area contributed by atoms with Gasteiger partial charge in [0.05, 0.1) is 12.8 Å². The SMILES string of the molecule is C=C(N=C(C)OC)c1ccc2c(c1)-c1c(ccc3c1CCC3=O)C2CCC(CC)CC. The number of hydrogen-bond donors (Lipinski definition) is 0. The van der Waals surface area contributed by atoms with Crippen LogP contribution in [0.4, 0.5) is 0 Å². The number of fused-ring (bicyclic) bond motifs is 5. The Kier molecular flexibility index (Phi) is 6.13. The topological polar surface area (TPSA) is 38.7 Å². The second-order valence-corrected chi connectivity index (χ2v) is 8.88. The van der Waals surface area contributed by atoms with Gasteiger partial charge in [-0.3, -0.25) is 4.79 Å². The summed E-state index contributed by atoms with van der Waals surface area (Å²) >= 11 is 0. The quantitative estimate of drug-likeness (QED) is 0.355. The van der Waals surface area contributed by atoms with Gasteiger partial charge in [0, 0.05) is 30.4 Å². The fourth-order valence-electron chi connectivity index (χ4n) is 5.30. The minimum Gasteiger partial charge on any atom is -0.484 e. The molecule has 0 N–H and O–H groups in total. The number of carbonyl (C=O) groups is 1. The van der Waals surface area contributed by atoms with Gasteiger partial charge in [-0.25, -0.2) is 4.99 Å². The van der Waals surface area contributed by atoms with Crippen LogP contribution < -0.4 is 0 Å². The number of methoxy groups -OCH3 is 1. The number of ketones is 1. The lowest BCUT2D eigenvalue weighted by atomic mass is 9.86. The summed E-state index contributed by atoms with van der Waals surface area (Å²) in [4.78, 5) is 16.9. The van der Waals surface area contributed by atoms with Gasteiger partial charge in [-0.1, -0.05) is 57.5 Å². The van der Waals surface area contributed by atoms with Crippen LogP contribution in [0.15, 0.2) is 41.9 Å². The smallest absolute Gasteiger partial charge is 0.184 e. The molecule has 3 nitrogen and oxygen atoms in total. The molecule has 162 valence electrons. The van der Waals surface area contributed by atoms with E-state index in [-0.39, 0.29) is 5.78 Å². The Labute approximate surface area is 186 Å². The molecule has 0 fully saturated rings. The largest absolute Gasteiger partial charge is 0.484 e. The Morgan fingerprint density at radius 2 is 1.87 bits per heavy atom. The standard InChI is InChI=1S/C28H33NO2/c1-6-19(7-2)8-10-21-22-11-9-20(17(3)29-18(4)31-5)16-26(22)28-24(21)13-12-23-25(28)14-15-27(23)30/h9,11-13,16,19,21H,3,6-8,10,14-15H2,1-2,4-5H3. The highest BCUT2D eigenvalue weighted by atomic mass is 16.5. The Morgan fingerprint density at radius 3 is 2.58 bits per heavy atom. The number of carbonyl (C=O) groups excluding carboxylic acids is 1. The van der Waals surface area contributed by atoms with Crippen molar-refractivity contribution in [1.82, 2.24) is 0 Å². The zero-order valence-corrected chi connectivity index (χ0v) is 19.3. The van der Waals surface area contributed by atoms with Crippen molar-refractivity contribution in [3.8, 4) is 11.1 Å². The van der Waals surface area contributed by atoms with Crippen LogP contribution in [-0.4, -0.2) is 18.8 Å². The van der Waals surface area contributed by atoms with E-state index < -0.39 is 0 Å². The molecule has 3 heteroatoms. The molecule has 0 saturated heterocycles. The second-order valence-electron chi connectivity index (χ2n) is 8.88.